The molecule has 8 heteroatoms. The fourth-order valence-electron chi connectivity index (χ4n) is 6.89. The molecule has 7 nitrogen and oxygen atoms in total. The lowest BCUT2D eigenvalue weighted by Crippen LogP contribution is -2.65. The van der Waals surface area contributed by atoms with E-state index in [9.17, 15) is 14.7 Å². The van der Waals surface area contributed by atoms with Gasteiger partial charge < -0.3 is 24.5 Å². The van der Waals surface area contributed by atoms with Crippen molar-refractivity contribution >= 4 is 18.8 Å². The van der Waals surface area contributed by atoms with Gasteiger partial charge in [-0.2, -0.15) is 0 Å². The Morgan fingerprint density at radius 2 is 1.95 bits per heavy atom. The monoisotopic (exact) mass is 527 g/mol. The van der Waals surface area contributed by atoms with E-state index in [-0.39, 0.29) is 41.2 Å². The molecule has 1 heterocycles. The summed E-state index contributed by atoms with van der Waals surface area (Å²) >= 11 is 0. The van der Waals surface area contributed by atoms with Crippen LogP contribution in [-0.2, 0) is 14.1 Å². The molecule has 1 aliphatic heterocycles. The minimum Gasteiger partial charge on any atom is -0.494 e. The van der Waals surface area contributed by atoms with Crippen LogP contribution in [0.3, 0.4) is 0 Å². The van der Waals surface area contributed by atoms with Crippen LogP contribution >= 0.6 is 0 Å². The number of rotatable bonds is 12. The average molecular weight is 528 g/mol. The summed E-state index contributed by atoms with van der Waals surface area (Å²) in [6.07, 6.45) is 2.61. The quantitative estimate of drug-likeness (QED) is 0.298. The Morgan fingerprint density at radius 1 is 1.21 bits per heavy atom. The number of carbonyl (C=O) groups is 2. The number of amides is 1. The summed E-state index contributed by atoms with van der Waals surface area (Å²) < 4.78 is 18.8. The van der Waals surface area contributed by atoms with E-state index in [0.29, 0.717) is 42.1 Å². The highest BCUT2D eigenvalue weighted by molar-refractivity contribution is 6.47. The number of hydrogen-bond donors (Lipinski definition) is 2. The number of Topliss-reactive ketones (excluding diaryl/α,β-unsaturated/α-hetero) is 1. The van der Waals surface area contributed by atoms with Crippen LogP contribution in [0.5, 0.6) is 5.75 Å². The number of benzene rings is 1. The van der Waals surface area contributed by atoms with Gasteiger partial charge in [0.15, 0.2) is 5.78 Å². The zero-order chi connectivity index (χ0) is 27.8. The van der Waals surface area contributed by atoms with Crippen molar-refractivity contribution in [2.45, 2.75) is 104 Å². The van der Waals surface area contributed by atoms with Crippen molar-refractivity contribution in [1.29, 1.82) is 0 Å². The molecule has 3 saturated carbocycles. The lowest BCUT2D eigenvalue weighted by atomic mass is 9.43. The summed E-state index contributed by atoms with van der Waals surface area (Å²) in [6.45, 7) is 15.2. The Bertz CT molecular complexity index is 1010. The Labute approximate surface area is 228 Å². The first-order valence-corrected chi connectivity index (χ1v) is 14.4. The summed E-state index contributed by atoms with van der Waals surface area (Å²) in [5.41, 5.74) is 0.335. The minimum absolute atomic E-state index is 0.0205. The van der Waals surface area contributed by atoms with Gasteiger partial charge >= 0.3 is 7.12 Å². The van der Waals surface area contributed by atoms with Crippen molar-refractivity contribution in [1.82, 2.24) is 5.32 Å². The molecule has 210 valence electrons. The van der Waals surface area contributed by atoms with E-state index in [1.54, 1.807) is 25.1 Å². The summed E-state index contributed by atoms with van der Waals surface area (Å²) in [5, 5.41) is 13.6. The van der Waals surface area contributed by atoms with Crippen molar-refractivity contribution in [3.63, 3.8) is 0 Å². The molecule has 7 atom stereocenters. The van der Waals surface area contributed by atoms with Crippen molar-refractivity contribution in [2.75, 3.05) is 6.61 Å². The van der Waals surface area contributed by atoms with Gasteiger partial charge in [0.25, 0.3) is 0 Å². The highest BCUT2D eigenvalue weighted by atomic mass is 16.7. The second-order valence-corrected chi connectivity index (χ2v) is 12.9. The number of nitrogens with one attached hydrogen (secondary N) is 1. The maximum absolute atomic E-state index is 13.5. The zero-order valence-electron chi connectivity index (χ0n) is 24.2. The molecule has 1 saturated heterocycles. The van der Waals surface area contributed by atoms with Gasteiger partial charge in [0.05, 0.1) is 36.3 Å². The lowest BCUT2D eigenvalue weighted by molar-refractivity contribution is -0.199. The van der Waals surface area contributed by atoms with Gasteiger partial charge in [0, 0.05) is 12.0 Å². The maximum Gasteiger partial charge on any atom is 0.481 e. The average Bonchev–Trinajstić information content (AvgIpc) is 3.22. The topological polar surface area (TPSA) is 94.1 Å². The molecule has 5 rings (SSSR count). The molecule has 3 aliphatic carbocycles. The number of hydrogen-bond acceptors (Lipinski definition) is 6. The van der Waals surface area contributed by atoms with E-state index in [1.165, 1.54) is 0 Å². The van der Waals surface area contributed by atoms with E-state index < -0.39 is 19.1 Å². The fraction of sp³-hybridized carbons (Fsp3) is 0.733. The summed E-state index contributed by atoms with van der Waals surface area (Å²) in [4.78, 5) is 26.6. The third-order valence-corrected chi connectivity index (χ3v) is 9.30. The molecule has 1 aromatic rings. The molecule has 1 amide bonds. The van der Waals surface area contributed by atoms with E-state index in [4.69, 9.17) is 14.0 Å². The maximum atomic E-state index is 13.5. The van der Waals surface area contributed by atoms with Crippen LogP contribution in [0.15, 0.2) is 24.3 Å². The number of ether oxygens (including phenoxy) is 1. The first kappa shape index (κ1) is 29.1. The largest absolute Gasteiger partial charge is 0.494 e. The zero-order valence-corrected chi connectivity index (χ0v) is 24.2. The van der Waals surface area contributed by atoms with Gasteiger partial charge in [-0.05, 0) is 74.8 Å². The summed E-state index contributed by atoms with van der Waals surface area (Å²) in [7, 11) is -0.552. The van der Waals surface area contributed by atoms with Crippen molar-refractivity contribution in [3.8, 4) is 5.75 Å². The van der Waals surface area contributed by atoms with Gasteiger partial charge in [-0.1, -0.05) is 46.8 Å². The predicted molar refractivity (Wildman–Crippen MR) is 148 cm³/mol. The van der Waals surface area contributed by atoms with Gasteiger partial charge in [-0.15, -0.1) is 0 Å². The Morgan fingerprint density at radius 3 is 2.58 bits per heavy atom. The van der Waals surface area contributed by atoms with E-state index in [0.717, 1.165) is 19.3 Å². The highest BCUT2D eigenvalue weighted by Gasteiger charge is 2.68. The second-order valence-electron chi connectivity index (χ2n) is 12.9. The van der Waals surface area contributed by atoms with Crippen LogP contribution in [0.25, 0.3) is 0 Å². The van der Waals surface area contributed by atoms with Gasteiger partial charge in [0.2, 0.25) is 5.91 Å². The van der Waals surface area contributed by atoms with E-state index in [2.05, 4.69) is 39.9 Å². The molecule has 0 unspecified atom stereocenters. The number of ketones is 1. The van der Waals surface area contributed by atoms with E-state index in [1.807, 2.05) is 13.0 Å². The number of aliphatic hydroxyl groups excluding tert-OH is 1. The molecule has 2 N–H and O–H groups in total. The standard InChI is InChI=1S/C30H46BNO6/c1-8-12-36-22-11-9-10-20(14-22)24(34)17-23(19(4)33)28(35)32-27(13-18(2)3)31-37-26-16-21-15-25(29(21,5)6)30(26,7)38-31/h9-11,14,18-19,21,23,25-27,33H,8,12-13,15-17H2,1-7H3,(H,32,35)/t19-,21-,23+,25-,26-,27+,30+/m1/s1. The first-order valence-electron chi connectivity index (χ1n) is 14.4. The molecule has 38 heavy (non-hydrogen) atoms. The van der Waals surface area contributed by atoms with Crippen molar-refractivity contribution in [2.24, 2.45) is 29.1 Å². The molecule has 0 radical (unpaired) electrons. The normalized spacial score (nSPS) is 29.7. The molecule has 0 aromatic heterocycles. The Hall–Kier alpha value is -1.90. The molecular weight excluding hydrogens is 481 g/mol. The fourth-order valence-corrected chi connectivity index (χ4v) is 6.89. The minimum atomic E-state index is -0.989. The summed E-state index contributed by atoms with van der Waals surface area (Å²) in [6, 6.07) is 7.00. The van der Waals surface area contributed by atoms with Crippen LogP contribution < -0.4 is 10.1 Å². The number of aliphatic hydroxyl groups is 1. The summed E-state index contributed by atoms with van der Waals surface area (Å²) in [5.74, 6) is 0.179. The van der Waals surface area contributed by atoms with Gasteiger partial charge in [0.1, 0.15) is 5.75 Å². The van der Waals surface area contributed by atoms with Gasteiger partial charge in [-0.3, -0.25) is 9.59 Å². The smallest absolute Gasteiger partial charge is 0.481 e. The third kappa shape index (κ3) is 5.68. The predicted octanol–water partition coefficient (Wildman–Crippen LogP) is 4.84. The first-order chi connectivity index (χ1) is 17.9. The second kappa shape index (κ2) is 11.3. The molecule has 4 aliphatic rings. The Balaban J connectivity index is 1.45. The molecule has 2 bridgehead atoms. The third-order valence-electron chi connectivity index (χ3n) is 9.30. The molecular formula is C30H46BNO6. The van der Waals surface area contributed by atoms with Crippen molar-refractivity contribution in [3.05, 3.63) is 29.8 Å². The van der Waals surface area contributed by atoms with E-state index >= 15 is 0 Å². The Kier molecular flexibility index (Phi) is 8.65. The van der Waals surface area contributed by atoms with Crippen LogP contribution in [0.2, 0.25) is 0 Å². The molecule has 4 fully saturated rings. The highest BCUT2D eigenvalue weighted by Crippen LogP contribution is 2.65. The lowest BCUT2D eigenvalue weighted by Gasteiger charge is -2.64. The van der Waals surface area contributed by atoms with Crippen LogP contribution in [0, 0.1) is 29.1 Å². The van der Waals surface area contributed by atoms with Gasteiger partial charge in [-0.25, -0.2) is 0 Å². The SMILES string of the molecule is CCCOc1cccc(C(=O)C[C@H](C(=O)N[C@@H](CC(C)C)B2O[C@@H]3C[C@H]4C[C@H](C4(C)C)[C@]3(C)O2)[C@@H](C)O)c1. The van der Waals surface area contributed by atoms with Crippen LogP contribution in [-0.4, -0.2) is 54.3 Å². The van der Waals surface area contributed by atoms with Crippen LogP contribution in [0.4, 0.5) is 0 Å². The molecule has 1 aromatic carbocycles. The molecule has 0 spiro atoms. The number of carbonyl (C=O) groups excluding carboxylic acids is 2. The van der Waals surface area contributed by atoms with Crippen LogP contribution in [0.1, 0.15) is 90.9 Å². The van der Waals surface area contributed by atoms with Crippen molar-refractivity contribution < 1.29 is 28.7 Å².